The van der Waals surface area contributed by atoms with Crippen molar-refractivity contribution in [1.29, 1.82) is 0 Å². The van der Waals surface area contributed by atoms with Crippen LogP contribution < -0.4 is 5.73 Å². The Kier molecular flexibility index (Phi) is 4.09. The first-order valence-corrected chi connectivity index (χ1v) is 6.77. The minimum atomic E-state index is 0.429. The molecule has 0 saturated carbocycles. The molecule has 1 aliphatic rings. The molecule has 1 aromatic heterocycles. The standard InChI is InChI=1S/C11H13NOS2/c12-4-1-2-9-3-5-14-11(9)8-15-10-6-13-7-10/h3,5,10H,4,6-8,12H2. The molecule has 4 heteroatoms. The molecule has 0 spiro atoms. The molecule has 0 amide bonds. The fourth-order valence-electron chi connectivity index (χ4n) is 1.21. The molecule has 0 bridgehead atoms. The SMILES string of the molecule is NCC#Cc1ccsc1CSC1COC1. The minimum absolute atomic E-state index is 0.429. The molecule has 15 heavy (non-hydrogen) atoms. The third kappa shape index (κ3) is 2.99. The van der Waals surface area contributed by atoms with Gasteiger partial charge in [-0.1, -0.05) is 11.8 Å². The van der Waals surface area contributed by atoms with E-state index in [1.165, 1.54) is 4.88 Å². The maximum Gasteiger partial charge on any atom is 0.0608 e. The number of ether oxygens (including phenoxy) is 1. The Balaban J connectivity index is 1.91. The molecule has 1 aliphatic heterocycles. The van der Waals surface area contributed by atoms with E-state index < -0.39 is 0 Å². The van der Waals surface area contributed by atoms with Crippen LogP contribution in [0.3, 0.4) is 0 Å². The Morgan fingerprint density at radius 1 is 1.60 bits per heavy atom. The number of hydrogen-bond acceptors (Lipinski definition) is 4. The van der Waals surface area contributed by atoms with Crippen LogP contribution in [0.5, 0.6) is 0 Å². The highest BCUT2D eigenvalue weighted by Crippen LogP contribution is 2.27. The van der Waals surface area contributed by atoms with Gasteiger partial charge in [-0.25, -0.2) is 0 Å². The average molecular weight is 239 g/mol. The first kappa shape index (κ1) is 11.0. The number of thioether (sulfide) groups is 1. The van der Waals surface area contributed by atoms with E-state index in [0.717, 1.165) is 24.5 Å². The van der Waals surface area contributed by atoms with Crippen molar-refractivity contribution in [3.63, 3.8) is 0 Å². The summed E-state index contributed by atoms with van der Waals surface area (Å²) in [6, 6.07) is 2.07. The van der Waals surface area contributed by atoms with E-state index in [2.05, 4.69) is 23.3 Å². The summed E-state index contributed by atoms with van der Waals surface area (Å²) < 4.78 is 5.14. The second-order valence-electron chi connectivity index (χ2n) is 3.23. The largest absolute Gasteiger partial charge is 0.379 e. The summed E-state index contributed by atoms with van der Waals surface area (Å²) in [5, 5.41) is 2.77. The smallest absolute Gasteiger partial charge is 0.0608 e. The van der Waals surface area contributed by atoms with Crippen LogP contribution in [0.2, 0.25) is 0 Å². The molecule has 2 N–H and O–H groups in total. The number of rotatable bonds is 3. The Bertz CT molecular complexity index is 373. The van der Waals surface area contributed by atoms with Crippen molar-refractivity contribution in [3.8, 4) is 11.8 Å². The summed E-state index contributed by atoms with van der Waals surface area (Å²) in [5.41, 5.74) is 6.49. The van der Waals surface area contributed by atoms with Crippen LogP contribution in [0.15, 0.2) is 11.4 Å². The molecule has 0 aliphatic carbocycles. The highest BCUT2D eigenvalue weighted by atomic mass is 32.2. The molecule has 80 valence electrons. The van der Waals surface area contributed by atoms with Crippen molar-refractivity contribution < 1.29 is 4.74 Å². The van der Waals surface area contributed by atoms with E-state index in [9.17, 15) is 0 Å². The summed E-state index contributed by atoms with van der Waals surface area (Å²) >= 11 is 3.73. The van der Waals surface area contributed by atoms with Gasteiger partial charge in [0.2, 0.25) is 0 Å². The summed E-state index contributed by atoms with van der Waals surface area (Å²) in [6.07, 6.45) is 0. The monoisotopic (exact) mass is 239 g/mol. The zero-order valence-electron chi connectivity index (χ0n) is 8.36. The normalized spacial score (nSPS) is 15.5. The highest BCUT2D eigenvalue weighted by molar-refractivity contribution is 7.99. The zero-order valence-corrected chi connectivity index (χ0v) is 10.00. The first-order chi connectivity index (χ1) is 7.40. The molecule has 0 unspecified atom stereocenters. The van der Waals surface area contributed by atoms with Gasteiger partial charge in [0.05, 0.1) is 25.0 Å². The molecule has 2 nitrogen and oxygen atoms in total. The van der Waals surface area contributed by atoms with Crippen molar-refractivity contribution in [1.82, 2.24) is 0 Å². The molecular weight excluding hydrogens is 226 g/mol. The molecule has 2 heterocycles. The second kappa shape index (κ2) is 5.57. The van der Waals surface area contributed by atoms with E-state index in [4.69, 9.17) is 10.5 Å². The highest BCUT2D eigenvalue weighted by Gasteiger charge is 2.19. The lowest BCUT2D eigenvalue weighted by atomic mass is 10.3. The van der Waals surface area contributed by atoms with Gasteiger partial charge in [-0.15, -0.1) is 23.1 Å². The Hall–Kier alpha value is -0.470. The maximum absolute atomic E-state index is 5.36. The van der Waals surface area contributed by atoms with Crippen LogP contribution in [0.25, 0.3) is 0 Å². The first-order valence-electron chi connectivity index (χ1n) is 4.85. The lowest BCUT2D eigenvalue weighted by Crippen LogP contribution is -2.30. The molecule has 1 fully saturated rings. The van der Waals surface area contributed by atoms with Crippen molar-refractivity contribution in [2.45, 2.75) is 11.0 Å². The lowest BCUT2D eigenvalue weighted by molar-refractivity contribution is 0.0455. The maximum atomic E-state index is 5.36. The van der Waals surface area contributed by atoms with E-state index in [0.29, 0.717) is 11.8 Å². The van der Waals surface area contributed by atoms with Gasteiger partial charge >= 0.3 is 0 Å². The van der Waals surface area contributed by atoms with Crippen molar-refractivity contribution >= 4 is 23.1 Å². The summed E-state index contributed by atoms with van der Waals surface area (Å²) in [7, 11) is 0. The fourth-order valence-corrected chi connectivity index (χ4v) is 3.23. The topological polar surface area (TPSA) is 35.2 Å². The summed E-state index contributed by atoms with van der Waals surface area (Å²) in [6.45, 7) is 2.23. The Morgan fingerprint density at radius 3 is 3.13 bits per heavy atom. The number of hydrogen-bond donors (Lipinski definition) is 1. The third-order valence-electron chi connectivity index (χ3n) is 2.13. The van der Waals surface area contributed by atoms with Crippen LogP contribution >= 0.6 is 23.1 Å². The number of nitrogens with two attached hydrogens (primary N) is 1. The predicted molar refractivity (Wildman–Crippen MR) is 66.2 cm³/mol. The fraction of sp³-hybridized carbons (Fsp3) is 0.455. The Labute approximate surface area is 98.2 Å². The van der Waals surface area contributed by atoms with Crippen LogP contribution in [0.1, 0.15) is 10.4 Å². The average Bonchev–Trinajstić information content (AvgIpc) is 2.60. The van der Waals surface area contributed by atoms with Crippen LogP contribution in [-0.2, 0) is 10.5 Å². The van der Waals surface area contributed by atoms with Gasteiger partial charge < -0.3 is 10.5 Å². The van der Waals surface area contributed by atoms with Gasteiger partial charge in [0, 0.05) is 16.2 Å². The van der Waals surface area contributed by atoms with Gasteiger partial charge in [0.1, 0.15) is 0 Å². The molecule has 1 aromatic rings. The van der Waals surface area contributed by atoms with Crippen molar-refractivity contribution in [2.75, 3.05) is 19.8 Å². The van der Waals surface area contributed by atoms with E-state index in [1.807, 2.05) is 11.8 Å². The van der Waals surface area contributed by atoms with Crippen molar-refractivity contribution in [3.05, 3.63) is 21.9 Å². The van der Waals surface area contributed by atoms with Crippen LogP contribution in [-0.4, -0.2) is 25.0 Å². The van der Waals surface area contributed by atoms with Gasteiger partial charge in [-0.3, -0.25) is 0 Å². The van der Waals surface area contributed by atoms with Gasteiger partial charge in [0.15, 0.2) is 0 Å². The summed E-state index contributed by atoms with van der Waals surface area (Å²) in [4.78, 5) is 1.35. The predicted octanol–water partition coefficient (Wildman–Crippen LogP) is 1.69. The lowest BCUT2D eigenvalue weighted by Gasteiger charge is -2.24. The van der Waals surface area contributed by atoms with E-state index in [1.54, 1.807) is 11.3 Å². The van der Waals surface area contributed by atoms with Gasteiger partial charge in [-0.05, 0) is 11.4 Å². The molecule has 0 radical (unpaired) electrons. The molecule has 0 atom stereocenters. The van der Waals surface area contributed by atoms with E-state index >= 15 is 0 Å². The van der Waals surface area contributed by atoms with Crippen LogP contribution in [0.4, 0.5) is 0 Å². The van der Waals surface area contributed by atoms with E-state index in [-0.39, 0.29) is 0 Å². The Morgan fingerprint density at radius 2 is 2.47 bits per heavy atom. The zero-order chi connectivity index (χ0) is 10.5. The van der Waals surface area contributed by atoms with Gasteiger partial charge in [-0.2, -0.15) is 0 Å². The molecule has 1 saturated heterocycles. The summed E-state index contributed by atoms with van der Waals surface area (Å²) in [5.74, 6) is 7.04. The second-order valence-corrected chi connectivity index (χ2v) is 5.52. The quantitative estimate of drug-likeness (QED) is 0.815. The van der Waals surface area contributed by atoms with Crippen LogP contribution in [0, 0.1) is 11.8 Å². The number of thiophene rings is 1. The van der Waals surface area contributed by atoms with Crippen molar-refractivity contribution in [2.24, 2.45) is 5.73 Å². The van der Waals surface area contributed by atoms with Gasteiger partial charge in [0.25, 0.3) is 0 Å². The molecular formula is C11H13NOS2. The molecule has 2 rings (SSSR count). The third-order valence-corrected chi connectivity index (χ3v) is 4.43. The molecule has 0 aromatic carbocycles. The minimum Gasteiger partial charge on any atom is -0.379 e.